The second-order valence-corrected chi connectivity index (χ2v) is 4.89. The predicted octanol–water partition coefficient (Wildman–Crippen LogP) is 1.61. The van der Waals surface area contributed by atoms with Crippen LogP contribution in [0.15, 0.2) is 30.2 Å². The third-order valence-electron chi connectivity index (χ3n) is 1.76. The molecule has 0 amide bonds. The molecule has 82 valence electrons. The summed E-state index contributed by atoms with van der Waals surface area (Å²) in [5.41, 5.74) is 0.338. The van der Waals surface area contributed by atoms with Gasteiger partial charge in [0.2, 0.25) is 10.0 Å². The van der Waals surface area contributed by atoms with Crippen LogP contribution in [0.25, 0.3) is 0 Å². The minimum absolute atomic E-state index is 0.0470. The lowest BCUT2D eigenvalue weighted by Gasteiger charge is -2.06. The van der Waals surface area contributed by atoms with Gasteiger partial charge < -0.3 is 5.11 Å². The number of hydrogen-bond acceptors (Lipinski definition) is 3. The van der Waals surface area contributed by atoms with E-state index in [1.54, 1.807) is 12.1 Å². The summed E-state index contributed by atoms with van der Waals surface area (Å²) in [4.78, 5) is 0. The summed E-state index contributed by atoms with van der Waals surface area (Å²) < 4.78 is 24.3. The summed E-state index contributed by atoms with van der Waals surface area (Å²) in [6.45, 7) is 3.07. The molecule has 2 N–H and O–H groups in total. The van der Waals surface area contributed by atoms with Gasteiger partial charge in [-0.3, -0.25) is 0 Å². The molecule has 0 atom stereocenters. The first-order chi connectivity index (χ1) is 6.96. The van der Waals surface area contributed by atoms with Gasteiger partial charge >= 0.3 is 0 Å². The topological polar surface area (TPSA) is 66.4 Å². The Morgan fingerprint density at radius 2 is 2.20 bits per heavy atom. The Hall–Kier alpha value is -1.04. The third kappa shape index (κ3) is 3.23. The van der Waals surface area contributed by atoms with Crippen molar-refractivity contribution in [2.45, 2.75) is 6.54 Å². The summed E-state index contributed by atoms with van der Waals surface area (Å²) in [5, 5.41) is 10.5. The first-order valence-electron chi connectivity index (χ1n) is 4.05. The normalized spacial score (nSPS) is 11.3. The number of phenols is 1. The van der Waals surface area contributed by atoms with Gasteiger partial charge in [0.1, 0.15) is 5.75 Å². The molecule has 15 heavy (non-hydrogen) atoms. The van der Waals surface area contributed by atoms with E-state index in [4.69, 9.17) is 11.6 Å². The molecule has 0 saturated heterocycles. The number of aromatic hydroxyl groups is 1. The summed E-state index contributed by atoms with van der Waals surface area (Å²) in [7, 11) is -3.51. The summed E-state index contributed by atoms with van der Waals surface area (Å²) >= 11 is 5.78. The van der Waals surface area contributed by atoms with E-state index < -0.39 is 10.0 Å². The van der Waals surface area contributed by atoms with Crippen LogP contribution in [0.5, 0.6) is 5.75 Å². The Morgan fingerprint density at radius 3 is 2.73 bits per heavy atom. The van der Waals surface area contributed by atoms with Crippen LogP contribution in [0, 0.1) is 0 Å². The lowest BCUT2D eigenvalue weighted by Crippen LogP contribution is -2.20. The van der Waals surface area contributed by atoms with Crippen molar-refractivity contribution in [3.05, 3.63) is 40.8 Å². The fourth-order valence-corrected chi connectivity index (χ4v) is 1.65. The number of halogens is 1. The molecule has 0 heterocycles. The second-order valence-electron chi connectivity index (χ2n) is 2.77. The van der Waals surface area contributed by atoms with E-state index in [1.807, 2.05) is 0 Å². The Bertz CT molecular complexity index is 450. The Balaban J connectivity index is 2.87. The monoisotopic (exact) mass is 247 g/mol. The van der Waals surface area contributed by atoms with E-state index in [-0.39, 0.29) is 12.3 Å². The average Bonchev–Trinajstić information content (AvgIpc) is 2.17. The van der Waals surface area contributed by atoms with Crippen LogP contribution in [0.2, 0.25) is 5.02 Å². The minimum Gasteiger partial charge on any atom is -0.508 e. The predicted molar refractivity (Wildman–Crippen MR) is 59.1 cm³/mol. The van der Waals surface area contributed by atoms with E-state index in [2.05, 4.69) is 11.3 Å². The maximum Gasteiger partial charge on any atom is 0.233 e. The van der Waals surface area contributed by atoms with Gasteiger partial charge in [-0.1, -0.05) is 24.2 Å². The molecule has 0 aliphatic heterocycles. The highest BCUT2D eigenvalue weighted by molar-refractivity contribution is 7.92. The smallest absolute Gasteiger partial charge is 0.233 e. The molecule has 6 heteroatoms. The molecule has 0 aromatic heterocycles. The van der Waals surface area contributed by atoms with Crippen LogP contribution >= 0.6 is 11.6 Å². The lowest BCUT2D eigenvalue weighted by molar-refractivity contribution is 0.467. The molecule has 0 aliphatic carbocycles. The Kier molecular flexibility index (Phi) is 3.73. The quantitative estimate of drug-likeness (QED) is 0.850. The molecule has 4 nitrogen and oxygen atoms in total. The van der Waals surface area contributed by atoms with Crippen molar-refractivity contribution in [1.82, 2.24) is 4.72 Å². The highest BCUT2D eigenvalue weighted by Crippen LogP contribution is 2.24. The molecule has 0 unspecified atom stereocenters. The largest absolute Gasteiger partial charge is 0.508 e. The van der Waals surface area contributed by atoms with Crippen LogP contribution in [-0.4, -0.2) is 13.5 Å². The van der Waals surface area contributed by atoms with E-state index in [1.165, 1.54) is 6.07 Å². The van der Waals surface area contributed by atoms with Crippen LogP contribution in [0.4, 0.5) is 0 Å². The zero-order valence-electron chi connectivity index (χ0n) is 7.77. The van der Waals surface area contributed by atoms with Crippen molar-refractivity contribution in [2.24, 2.45) is 0 Å². The minimum atomic E-state index is -3.51. The van der Waals surface area contributed by atoms with Crippen molar-refractivity contribution in [3.8, 4) is 5.75 Å². The number of benzene rings is 1. The summed E-state index contributed by atoms with van der Waals surface area (Å²) in [6, 6.07) is 4.57. The van der Waals surface area contributed by atoms with Gasteiger partial charge in [0.05, 0.1) is 0 Å². The number of hydrogen-bond donors (Lipinski definition) is 2. The van der Waals surface area contributed by atoms with Gasteiger partial charge in [-0.05, 0) is 12.1 Å². The standard InChI is InChI=1S/C9H10ClNO3S/c1-2-15(13,14)11-6-7-8(10)4-3-5-9(7)12/h2-5,11-12H,1,6H2. The molecular formula is C9H10ClNO3S. The van der Waals surface area contributed by atoms with Crippen LogP contribution in [0.3, 0.4) is 0 Å². The highest BCUT2D eigenvalue weighted by atomic mass is 35.5. The number of sulfonamides is 1. The van der Waals surface area contributed by atoms with Gasteiger partial charge in [-0.15, -0.1) is 0 Å². The van der Waals surface area contributed by atoms with Gasteiger partial charge in [-0.25, -0.2) is 13.1 Å². The average molecular weight is 248 g/mol. The second kappa shape index (κ2) is 4.65. The number of nitrogens with one attached hydrogen (secondary N) is 1. The zero-order valence-corrected chi connectivity index (χ0v) is 9.35. The molecule has 0 radical (unpaired) electrons. The Morgan fingerprint density at radius 1 is 1.53 bits per heavy atom. The number of rotatable bonds is 4. The maximum atomic E-state index is 11.0. The molecule has 0 spiro atoms. The molecule has 0 aliphatic rings. The first-order valence-corrected chi connectivity index (χ1v) is 5.97. The molecule has 0 fully saturated rings. The fraction of sp³-hybridized carbons (Fsp3) is 0.111. The molecule has 1 aromatic carbocycles. The van der Waals surface area contributed by atoms with E-state index in [0.717, 1.165) is 5.41 Å². The van der Waals surface area contributed by atoms with Crippen molar-refractivity contribution in [2.75, 3.05) is 0 Å². The molecule has 0 saturated carbocycles. The third-order valence-corrected chi connectivity index (χ3v) is 3.10. The van der Waals surface area contributed by atoms with Gasteiger partial charge in [0, 0.05) is 22.5 Å². The number of phenolic OH excluding ortho intramolecular Hbond substituents is 1. The molecular weight excluding hydrogens is 238 g/mol. The van der Waals surface area contributed by atoms with E-state index in [9.17, 15) is 13.5 Å². The van der Waals surface area contributed by atoms with Gasteiger partial charge in [0.25, 0.3) is 0 Å². The van der Waals surface area contributed by atoms with Crippen molar-refractivity contribution < 1.29 is 13.5 Å². The van der Waals surface area contributed by atoms with Crippen molar-refractivity contribution >= 4 is 21.6 Å². The van der Waals surface area contributed by atoms with Crippen LogP contribution < -0.4 is 4.72 Å². The van der Waals surface area contributed by atoms with Gasteiger partial charge in [-0.2, -0.15) is 0 Å². The maximum absolute atomic E-state index is 11.0. The Labute approximate surface area is 93.2 Å². The van der Waals surface area contributed by atoms with Crippen LogP contribution in [-0.2, 0) is 16.6 Å². The van der Waals surface area contributed by atoms with Crippen LogP contribution in [0.1, 0.15) is 5.56 Å². The lowest BCUT2D eigenvalue weighted by atomic mass is 10.2. The van der Waals surface area contributed by atoms with Gasteiger partial charge in [0.15, 0.2) is 0 Å². The molecule has 1 rings (SSSR count). The van der Waals surface area contributed by atoms with Crippen molar-refractivity contribution in [3.63, 3.8) is 0 Å². The van der Waals surface area contributed by atoms with Crippen molar-refractivity contribution in [1.29, 1.82) is 0 Å². The summed E-state index contributed by atoms with van der Waals surface area (Å²) in [5.74, 6) is -0.0470. The molecule has 0 bridgehead atoms. The summed E-state index contributed by atoms with van der Waals surface area (Å²) in [6.07, 6.45) is 0. The molecule has 1 aromatic rings. The van der Waals surface area contributed by atoms with E-state index in [0.29, 0.717) is 10.6 Å². The SMILES string of the molecule is C=CS(=O)(=O)NCc1c(O)cccc1Cl. The zero-order chi connectivity index (χ0) is 11.5. The fourth-order valence-electron chi connectivity index (χ4n) is 0.954. The van der Waals surface area contributed by atoms with E-state index >= 15 is 0 Å². The first kappa shape index (κ1) is 12.0. The highest BCUT2D eigenvalue weighted by Gasteiger charge is 2.09.